The van der Waals surface area contributed by atoms with Gasteiger partial charge in [0.2, 0.25) is 0 Å². The van der Waals surface area contributed by atoms with E-state index in [1.165, 1.54) is 0 Å². The van der Waals surface area contributed by atoms with Crippen LogP contribution in [0.15, 0.2) is 36.4 Å². The van der Waals surface area contributed by atoms with Crippen LogP contribution in [-0.2, 0) is 0 Å². The van der Waals surface area contributed by atoms with Crippen LogP contribution in [0.3, 0.4) is 0 Å². The van der Waals surface area contributed by atoms with Gasteiger partial charge in [0, 0.05) is 31.9 Å². The van der Waals surface area contributed by atoms with Crippen LogP contribution in [0.4, 0.5) is 0 Å². The molecule has 2 fully saturated rings. The molecule has 0 unspecified atom stereocenters. The smallest absolute Gasteiger partial charge is 0.274 e. The quantitative estimate of drug-likeness (QED) is 0.913. The third kappa shape index (κ3) is 2.86. The van der Waals surface area contributed by atoms with Crippen molar-refractivity contribution in [1.82, 2.24) is 20.0 Å². The third-order valence-corrected chi connectivity index (χ3v) is 4.78. The number of nitrogens with zero attached hydrogens (tertiary/aromatic N) is 3. The van der Waals surface area contributed by atoms with Crippen LogP contribution in [-0.4, -0.2) is 46.8 Å². The largest absolute Gasteiger partial charge is 0.337 e. The standard InChI is InChI=1S/C17H20N4O.ClH/c1-12-7-16(19-21(12)15-5-3-2-4-6-15)17(22)20-10-13-8-18-9-14(13)11-20;/h2-7,13-14,18H,8-11H2,1H3;1H/t13-,14+;. The zero-order valence-corrected chi connectivity index (χ0v) is 13.9. The minimum absolute atomic E-state index is 0. The van der Waals surface area contributed by atoms with Crippen molar-refractivity contribution in [1.29, 1.82) is 0 Å². The third-order valence-electron chi connectivity index (χ3n) is 4.78. The summed E-state index contributed by atoms with van der Waals surface area (Å²) in [4.78, 5) is 14.7. The number of carbonyl (C=O) groups excluding carboxylic acids is 1. The van der Waals surface area contributed by atoms with Gasteiger partial charge in [-0.2, -0.15) is 5.10 Å². The zero-order chi connectivity index (χ0) is 15.1. The summed E-state index contributed by atoms with van der Waals surface area (Å²) in [7, 11) is 0. The van der Waals surface area contributed by atoms with Gasteiger partial charge in [-0.15, -0.1) is 12.4 Å². The Balaban J connectivity index is 0.00000156. The Kier molecular flexibility index (Phi) is 4.41. The van der Waals surface area contributed by atoms with Gasteiger partial charge < -0.3 is 10.2 Å². The molecule has 1 aromatic heterocycles. The van der Waals surface area contributed by atoms with Gasteiger partial charge in [0.05, 0.1) is 5.69 Å². The number of aromatic nitrogens is 2. The van der Waals surface area contributed by atoms with E-state index in [0.717, 1.165) is 37.6 Å². The van der Waals surface area contributed by atoms with Gasteiger partial charge in [0.25, 0.3) is 5.91 Å². The first-order valence-corrected chi connectivity index (χ1v) is 7.84. The van der Waals surface area contributed by atoms with Crippen molar-refractivity contribution in [2.45, 2.75) is 6.92 Å². The van der Waals surface area contributed by atoms with Gasteiger partial charge in [-0.3, -0.25) is 4.79 Å². The van der Waals surface area contributed by atoms with Crippen molar-refractivity contribution >= 4 is 18.3 Å². The molecule has 0 bridgehead atoms. The maximum absolute atomic E-state index is 12.7. The maximum atomic E-state index is 12.7. The molecule has 2 aliphatic heterocycles. The number of carbonyl (C=O) groups is 1. The van der Waals surface area contributed by atoms with Crippen LogP contribution in [0, 0.1) is 18.8 Å². The highest BCUT2D eigenvalue weighted by molar-refractivity contribution is 5.92. The lowest BCUT2D eigenvalue weighted by Gasteiger charge is -2.15. The number of hydrogen-bond acceptors (Lipinski definition) is 3. The predicted octanol–water partition coefficient (Wildman–Crippen LogP) is 1.89. The first-order valence-electron chi connectivity index (χ1n) is 7.84. The Morgan fingerprint density at radius 1 is 1.17 bits per heavy atom. The molecule has 6 heteroatoms. The van der Waals surface area contributed by atoms with Gasteiger partial charge in [0.1, 0.15) is 0 Å². The van der Waals surface area contributed by atoms with Crippen molar-refractivity contribution < 1.29 is 4.79 Å². The van der Waals surface area contributed by atoms with Crippen LogP contribution in [0.5, 0.6) is 0 Å². The second kappa shape index (κ2) is 6.34. The molecule has 2 aromatic rings. The number of fused-ring (bicyclic) bond motifs is 1. The zero-order valence-electron chi connectivity index (χ0n) is 13.1. The van der Waals surface area contributed by atoms with E-state index in [9.17, 15) is 4.79 Å². The molecule has 0 spiro atoms. The number of nitrogens with one attached hydrogen (secondary N) is 1. The first-order chi connectivity index (χ1) is 10.7. The first kappa shape index (κ1) is 16.0. The van der Waals surface area contributed by atoms with Crippen molar-refractivity contribution in [3.63, 3.8) is 0 Å². The molecule has 2 saturated heterocycles. The summed E-state index contributed by atoms with van der Waals surface area (Å²) >= 11 is 0. The highest BCUT2D eigenvalue weighted by Crippen LogP contribution is 2.27. The van der Waals surface area contributed by atoms with Crippen molar-refractivity contribution in [2.75, 3.05) is 26.2 Å². The summed E-state index contributed by atoms with van der Waals surface area (Å²) in [5.41, 5.74) is 2.52. The van der Waals surface area contributed by atoms with Gasteiger partial charge in [-0.25, -0.2) is 4.68 Å². The predicted molar refractivity (Wildman–Crippen MR) is 91.3 cm³/mol. The van der Waals surface area contributed by atoms with E-state index in [-0.39, 0.29) is 18.3 Å². The monoisotopic (exact) mass is 332 g/mol. The van der Waals surface area contributed by atoms with Gasteiger partial charge >= 0.3 is 0 Å². The molecular weight excluding hydrogens is 312 g/mol. The Morgan fingerprint density at radius 3 is 2.48 bits per heavy atom. The van der Waals surface area contributed by atoms with Crippen LogP contribution in [0.1, 0.15) is 16.2 Å². The number of likely N-dealkylation sites (tertiary alicyclic amines) is 1. The molecule has 4 rings (SSSR count). The summed E-state index contributed by atoms with van der Waals surface area (Å²) in [5.74, 6) is 1.29. The number of halogens is 1. The fraction of sp³-hybridized carbons (Fsp3) is 0.412. The molecule has 3 heterocycles. The second-order valence-electron chi connectivity index (χ2n) is 6.31. The molecule has 2 aliphatic rings. The van der Waals surface area contributed by atoms with E-state index in [4.69, 9.17) is 0 Å². The Bertz CT molecular complexity index is 688. The van der Waals surface area contributed by atoms with Crippen LogP contribution < -0.4 is 5.32 Å². The van der Waals surface area contributed by atoms with E-state index < -0.39 is 0 Å². The summed E-state index contributed by atoms with van der Waals surface area (Å²) in [6.07, 6.45) is 0. The number of benzene rings is 1. The fourth-order valence-corrected chi connectivity index (χ4v) is 3.59. The average molecular weight is 333 g/mol. The van der Waals surface area contributed by atoms with Crippen LogP contribution in [0.2, 0.25) is 0 Å². The lowest BCUT2D eigenvalue weighted by Crippen LogP contribution is -2.32. The summed E-state index contributed by atoms with van der Waals surface area (Å²) in [6.45, 7) is 5.76. The van der Waals surface area contributed by atoms with E-state index in [0.29, 0.717) is 17.5 Å². The molecule has 0 saturated carbocycles. The number of rotatable bonds is 2. The molecule has 1 aromatic carbocycles. The molecule has 1 N–H and O–H groups in total. The number of amides is 1. The van der Waals surface area contributed by atoms with Crippen molar-refractivity contribution in [3.05, 3.63) is 47.8 Å². The van der Waals surface area contributed by atoms with Gasteiger partial charge in [0.15, 0.2) is 5.69 Å². The number of aryl methyl sites for hydroxylation is 1. The molecule has 122 valence electrons. The minimum atomic E-state index is 0. The second-order valence-corrected chi connectivity index (χ2v) is 6.31. The fourth-order valence-electron chi connectivity index (χ4n) is 3.59. The molecule has 0 radical (unpaired) electrons. The summed E-state index contributed by atoms with van der Waals surface area (Å²) in [5, 5.41) is 7.93. The average Bonchev–Trinajstić information content (AvgIpc) is 3.21. The van der Waals surface area contributed by atoms with Crippen molar-refractivity contribution in [3.8, 4) is 5.69 Å². The highest BCUT2D eigenvalue weighted by Gasteiger charge is 2.38. The Labute approximate surface area is 142 Å². The van der Waals surface area contributed by atoms with E-state index in [1.807, 2.05) is 52.9 Å². The minimum Gasteiger partial charge on any atom is -0.337 e. The Morgan fingerprint density at radius 2 is 1.83 bits per heavy atom. The van der Waals surface area contributed by atoms with Gasteiger partial charge in [-0.1, -0.05) is 18.2 Å². The maximum Gasteiger partial charge on any atom is 0.274 e. The van der Waals surface area contributed by atoms with E-state index >= 15 is 0 Å². The summed E-state index contributed by atoms with van der Waals surface area (Å²) in [6, 6.07) is 11.8. The SMILES string of the molecule is Cc1cc(C(=O)N2C[C@H]3CNC[C@H]3C2)nn1-c1ccccc1.Cl. The molecular formula is C17H21ClN4O. The van der Waals surface area contributed by atoms with E-state index in [1.54, 1.807) is 0 Å². The molecule has 5 nitrogen and oxygen atoms in total. The number of hydrogen-bond donors (Lipinski definition) is 1. The van der Waals surface area contributed by atoms with Crippen LogP contribution in [0.25, 0.3) is 5.69 Å². The van der Waals surface area contributed by atoms with Crippen molar-refractivity contribution in [2.24, 2.45) is 11.8 Å². The highest BCUT2D eigenvalue weighted by atomic mass is 35.5. The normalized spacial score (nSPS) is 22.7. The molecule has 1 amide bonds. The van der Waals surface area contributed by atoms with E-state index in [2.05, 4.69) is 10.4 Å². The number of para-hydroxylation sites is 1. The lowest BCUT2D eigenvalue weighted by atomic mass is 10.0. The lowest BCUT2D eigenvalue weighted by molar-refractivity contribution is 0.0775. The topological polar surface area (TPSA) is 50.2 Å². The molecule has 23 heavy (non-hydrogen) atoms. The van der Waals surface area contributed by atoms with Crippen LogP contribution >= 0.6 is 12.4 Å². The molecule has 2 atom stereocenters. The van der Waals surface area contributed by atoms with Gasteiger partial charge in [-0.05, 0) is 37.0 Å². The summed E-state index contributed by atoms with van der Waals surface area (Å²) < 4.78 is 1.84. The molecule has 0 aliphatic carbocycles. The Hall–Kier alpha value is -1.85.